The third-order valence-electron chi connectivity index (χ3n) is 3.01. The highest BCUT2D eigenvalue weighted by atomic mass is 32.1. The second kappa shape index (κ2) is 7.21. The van der Waals surface area contributed by atoms with Gasteiger partial charge in [-0.1, -0.05) is 0 Å². The summed E-state index contributed by atoms with van der Waals surface area (Å²) < 4.78 is 4.25. The smallest absolute Gasteiger partial charge is 0.147 e. The molecular weight excluding hydrogens is 270 g/mol. The lowest BCUT2D eigenvalue weighted by Gasteiger charge is -2.10. The summed E-state index contributed by atoms with van der Waals surface area (Å²) in [5, 5.41) is 4.48. The third-order valence-corrected chi connectivity index (χ3v) is 3.82. The molecule has 0 aliphatic heterocycles. The van der Waals surface area contributed by atoms with E-state index >= 15 is 0 Å². The summed E-state index contributed by atoms with van der Waals surface area (Å²) in [6.07, 6.45) is 5.85. The number of nitrogens with zero attached hydrogens (tertiary/aromatic N) is 3. The van der Waals surface area contributed by atoms with E-state index in [4.69, 9.17) is 5.73 Å². The zero-order chi connectivity index (χ0) is 14.4. The van der Waals surface area contributed by atoms with E-state index in [0.717, 1.165) is 35.6 Å². The molecule has 6 heteroatoms. The van der Waals surface area contributed by atoms with Crippen LogP contribution in [0.3, 0.4) is 0 Å². The molecule has 0 fully saturated rings. The zero-order valence-electron chi connectivity index (χ0n) is 12.0. The molecular formula is C14H21N5S. The van der Waals surface area contributed by atoms with Crippen LogP contribution in [0.15, 0.2) is 24.5 Å². The minimum Gasteiger partial charge on any atom is -0.382 e. The zero-order valence-corrected chi connectivity index (χ0v) is 12.8. The molecule has 2 aromatic rings. The van der Waals surface area contributed by atoms with Gasteiger partial charge in [-0.25, -0.2) is 0 Å². The van der Waals surface area contributed by atoms with Crippen molar-refractivity contribution in [2.75, 3.05) is 38.2 Å². The molecule has 0 aliphatic carbocycles. The van der Waals surface area contributed by atoms with Crippen molar-refractivity contribution in [1.29, 1.82) is 0 Å². The van der Waals surface area contributed by atoms with Crippen molar-refractivity contribution in [3.05, 3.63) is 24.5 Å². The van der Waals surface area contributed by atoms with Crippen LogP contribution in [0.1, 0.15) is 12.8 Å². The normalized spacial score (nSPS) is 10.9. The number of unbranched alkanes of at least 4 members (excludes halogenated alkanes) is 1. The first-order chi connectivity index (χ1) is 9.68. The predicted octanol–water partition coefficient (Wildman–Crippen LogP) is 2.54. The lowest BCUT2D eigenvalue weighted by Crippen LogP contribution is -2.14. The van der Waals surface area contributed by atoms with Gasteiger partial charge in [-0.05, 0) is 62.7 Å². The van der Waals surface area contributed by atoms with Crippen LogP contribution in [0.4, 0.5) is 10.8 Å². The van der Waals surface area contributed by atoms with E-state index < -0.39 is 0 Å². The van der Waals surface area contributed by atoms with Gasteiger partial charge < -0.3 is 16.0 Å². The number of anilines is 2. The van der Waals surface area contributed by atoms with Gasteiger partial charge in [0.2, 0.25) is 0 Å². The number of nitrogens with one attached hydrogen (secondary N) is 1. The maximum absolute atomic E-state index is 5.98. The van der Waals surface area contributed by atoms with E-state index in [9.17, 15) is 0 Å². The van der Waals surface area contributed by atoms with Crippen molar-refractivity contribution < 1.29 is 0 Å². The highest BCUT2D eigenvalue weighted by molar-refractivity contribution is 7.11. The molecule has 0 radical (unpaired) electrons. The van der Waals surface area contributed by atoms with Gasteiger partial charge in [0, 0.05) is 18.9 Å². The highest BCUT2D eigenvalue weighted by Gasteiger charge is 2.12. The second-order valence-corrected chi connectivity index (χ2v) is 5.72. The molecule has 5 nitrogen and oxygen atoms in total. The molecule has 0 saturated carbocycles. The lowest BCUT2D eigenvalue weighted by molar-refractivity contribution is 0.396. The number of aromatic nitrogens is 2. The molecule has 108 valence electrons. The van der Waals surface area contributed by atoms with Crippen LogP contribution in [0.2, 0.25) is 0 Å². The van der Waals surface area contributed by atoms with Gasteiger partial charge in [0.1, 0.15) is 10.8 Å². The van der Waals surface area contributed by atoms with E-state index in [1.807, 2.05) is 12.1 Å². The molecule has 20 heavy (non-hydrogen) atoms. The molecule has 0 aromatic carbocycles. The third kappa shape index (κ3) is 3.91. The highest BCUT2D eigenvalue weighted by Crippen LogP contribution is 2.36. The molecule has 0 saturated heterocycles. The molecule has 2 aromatic heterocycles. The maximum atomic E-state index is 5.98. The first-order valence-electron chi connectivity index (χ1n) is 6.72. The van der Waals surface area contributed by atoms with Gasteiger partial charge in [-0.15, -0.1) is 0 Å². The van der Waals surface area contributed by atoms with Gasteiger partial charge in [-0.3, -0.25) is 4.98 Å². The molecule has 2 heterocycles. The van der Waals surface area contributed by atoms with E-state index in [2.05, 4.69) is 33.7 Å². The Morgan fingerprint density at radius 2 is 2.00 bits per heavy atom. The molecule has 0 aliphatic rings. The molecule has 0 amide bonds. The van der Waals surface area contributed by atoms with Crippen LogP contribution in [0.25, 0.3) is 11.1 Å². The molecule has 0 atom stereocenters. The van der Waals surface area contributed by atoms with Crippen molar-refractivity contribution in [3.8, 4) is 11.1 Å². The SMILES string of the molecule is CN(C)CCCCNc1snc(N)c1-c1ccncc1. The van der Waals surface area contributed by atoms with Crippen molar-refractivity contribution in [3.63, 3.8) is 0 Å². The number of nitrogen functional groups attached to an aromatic ring is 1. The van der Waals surface area contributed by atoms with Crippen molar-refractivity contribution in [2.24, 2.45) is 0 Å². The summed E-state index contributed by atoms with van der Waals surface area (Å²) in [5.41, 5.74) is 8.02. The number of hydrogen-bond acceptors (Lipinski definition) is 6. The van der Waals surface area contributed by atoms with Crippen LogP contribution >= 0.6 is 11.5 Å². The van der Waals surface area contributed by atoms with Gasteiger partial charge in [0.25, 0.3) is 0 Å². The van der Waals surface area contributed by atoms with Gasteiger partial charge >= 0.3 is 0 Å². The van der Waals surface area contributed by atoms with Gasteiger partial charge in [-0.2, -0.15) is 4.37 Å². The number of nitrogens with two attached hydrogens (primary N) is 1. The topological polar surface area (TPSA) is 67.1 Å². The maximum Gasteiger partial charge on any atom is 0.147 e. The van der Waals surface area contributed by atoms with E-state index in [1.165, 1.54) is 18.0 Å². The van der Waals surface area contributed by atoms with Crippen LogP contribution in [0.5, 0.6) is 0 Å². The fourth-order valence-corrected chi connectivity index (χ4v) is 2.74. The largest absolute Gasteiger partial charge is 0.382 e. The number of pyridine rings is 1. The fourth-order valence-electron chi connectivity index (χ4n) is 1.98. The average Bonchev–Trinajstić information content (AvgIpc) is 2.80. The quantitative estimate of drug-likeness (QED) is 0.767. The minimum absolute atomic E-state index is 0.581. The number of hydrogen-bond donors (Lipinski definition) is 2. The Morgan fingerprint density at radius 3 is 2.70 bits per heavy atom. The predicted molar refractivity (Wildman–Crippen MR) is 86.0 cm³/mol. The Balaban J connectivity index is 1.96. The Morgan fingerprint density at radius 1 is 1.25 bits per heavy atom. The Kier molecular flexibility index (Phi) is 5.31. The first kappa shape index (κ1) is 14.7. The molecule has 2 rings (SSSR count). The minimum atomic E-state index is 0.581. The van der Waals surface area contributed by atoms with Crippen molar-refractivity contribution in [2.45, 2.75) is 12.8 Å². The summed E-state index contributed by atoms with van der Waals surface area (Å²) in [7, 11) is 4.19. The molecule has 0 bridgehead atoms. The summed E-state index contributed by atoms with van der Waals surface area (Å²) in [5.74, 6) is 0.581. The lowest BCUT2D eigenvalue weighted by atomic mass is 10.1. The molecule has 0 spiro atoms. The molecule has 0 unspecified atom stereocenters. The Hall–Kier alpha value is -1.66. The van der Waals surface area contributed by atoms with Crippen LogP contribution in [-0.2, 0) is 0 Å². The fraction of sp³-hybridized carbons (Fsp3) is 0.429. The van der Waals surface area contributed by atoms with Crippen LogP contribution in [-0.4, -0.2) is 41.4 Å². The van der Waals surface area contributed by atoms with Crippen LogP contribution in [0, 0.1) is 0 Å². The first-order valence-corrected chi connectivity index (χ1v) is 7.50. The van der Waals surface area contributed by atoms with E-state index in [0.29, 0.717) is 5.82 Å². The summed E-state index contributed by atoms with van der Waals surface area (Å²) in [6.45, 7) is 2.05. The second-order valence-electron chi connectivity index (χ2n) is 4.94. The van der Waals surface area contributed by atoms with E-state index in [-0.39, 0.29) is 0 Å². The van der Waals surface area contributed by atoms with Crippen molar-refractivity contribution in [1.82, 2.24) is 14.3 Å². The summed E-state index contributed by atoms with van der Waals surface area (Å²) in [6, 6.07) is 3.91. The molecule has 3 N–H and O–H groups in total. The number of rotatable bonds is 7. The Bertz CT molecular complexity index is 524. The Labute approximate surface area is 124 Å². The average molecular weight is 291 g/mol. The summed E-state index contributed by atoms with van der Waals surface area (Å²) in [4.78, 5) is 6.24. The van der Waals surface area contributed by atoms with E-state index in [1.54, 1.807) is 12.4 Å². The van der Waals surface area contributed by atoms with Gasteiger partial charge in [0.05, 0.1) is 5.56 Å². The van der Waals surface area contributed by atoms with Gasteiger partial charge in [0.15, 0.2) is 0 Å². The summed E-state index contributed by atoms with van der Waals surface area (Å²) >= 11 is 1.42. The monoisotopic (exact) mass is 291 g/mol. The standard InChI is InChI=1S/C14H21N5S/c1-19(2)10-4-3-7-17-14-12(13(15)18-20-14)11-5-8-16-9-6-11/h5-6,8-9,17H,3-4,7,10H2,1-2H3,(H2,15,18). The van der Waals surface area contributed by atoms with Crippen molar-refractivity contribution >= 4 is 22.4 Å². The van der Waals surface area contributed by atoms with Crippen LogP contribution < -0.4 is 11.1 Å².